The van der Waals surface area contributed by atoms with Crippen molar-refractivity contribution < 1.29 is 17.6 Å². The van der Waals surface area contributed by atoms with Gasteiger partial charge in [0.15, 0.2) is 0 Å². The number of rotatable bonds is 7. The van der Waals surface area contributed by atoms with E-state index in [-0.39, 0.29) is 23.0 Å². The highest BCUT2D eigenvalue weighted by atomic mass is 35.5. The van der Waals surface area contributed by atoms with E-state index in [0.29, 0.717) is 49.1 Å². The van der Waals surface area contributed by atoms with Crippen LogP contribution in [0.1, 0.15) is 53.1 Å². The first-order chi connectivity index (χ1) is 20.6. The van der Waals surface area contributed by atoms with Gasteiger partial charge >= 0.3 is 0 Å². The maximum absolute atomic E-state index is 13.9. The molecule has 2 atom stereocenters. The van der Waals surface area contributed by atoms with Crippen LogP contribution in [0, 0.1) is 5.82 Å². The number of hydrogen-bond acceptors (Lipinski definition) is 5. The number of carbonyl (C=O) groups is 1. The number of piperidine rings is 1. The molecule has 1 amide bonds. The Bertz CT molecular complexity index is 1580. The third kappa shape index (κ3) is 6.05. The first-order valence-electron chi connectivity index (χ1n) is 15.0. The normalized spacial score (nSPS) is 21.5. The summed E-state index contributed by atoms with van der Waals surface area (Å²) in [5, 5.41) is 0.110. The summed E-state index contributed by atoms with van der Waals surface area (Å²) >= 11 is 6.23. The predicted octanol–water partition coefficient (Wildman–Crippen LogP) is 5.60. The van der Waals surface area contributed by atoms with Crippen molar-refractivity contribution in [2.45, 2.75) is 55.1 Å². The van der Waals surface area contributed by atoms with E-state index in [1.807, 2.05) is 44.4 Å². The van der Waals surface area contributed by atoms with Crippen molar-refractivity contribution in [2.24, 2.45) is 0 Å². The molecule has 0 aromatic heterocycles. The molecule has 3 aromatic carbocycles. The summed E-state index contributed by atoms with van der Waals surface area (Å²) in [6, 6.07) is 19.9. The smallest absolute Gasteiger partial charge is 0.255 e. The molecule has 6 rings (SSSR count). The molecule has 0 aliphatic carbocycles. The minimum atomic E-state index is -3.67. The van der Waals surface area contributed by atoms with Gasteiger partial charge in [-0.1, -0.05) is 48.0 Å². The summed E-state index contributed by atoms with van der Waals surface area (Å²) in [6.07, 6.45) is 3.40. The third-order valence-electron chi connectivity index (χ3n) is 9.12. The fourth-order valence-electron chi connectivity index (χ4n) is 7.02. The van der Waals surface area contributed by atoms with Crippen molar-refractivity contribution in [2.75, 3.05) is 45.2 Å². The summed E-state index contributed by atoms with van der Waals surface area (Å²) in [5.41, 5.74) is 3.55. The molecule has 3 heterocycles. The Morgan fingerprint density at radius 1 is 0.930 bits per heavy atom. The Morgan fingerprint density at radius 3 is 2.23 bits per heavy atom. The minimum Gasteiger partial charge on any atom is -0.362 e. The zero-order valence-electron chi connectivity index (χ0n) is 24.6. The average Bonchev–Trinajstić information content (AvgIpc) is 3.25. The number of piperazine rings is 1. The maximum Gasteiger partial charge on any atom is 0.255 e. The molecule has 2 unspecified atom stereocenters. The Balaban J connectivity index is 1.24. The molecular weight excluding hydrogens is 587 g/mol. The van der Waals surface area contributed by atoms with Gasteiger partial charge in [-0.3, -0.25) is 4.79 Å². The van der Waals surface area contributed by atoms with Crippen LogP contribution < -0.4 is 4.90 Å². The highest BCUT2D eigenvalue weighted by molar-refractivity contribution is 7.89. The highest BCUT2D eigenvalue weighted by Gasteiger charge is 2.43. The molecule has 3 aliphatic heterocycles. The van der Waals surface area contributed by atoms with Gasteiger partial charge in [0, 0.05) is 50.5 Å². The van der Waals surface area contributed by atoms with Crippen LogP contribution in [0.25, 0.3) is 0 Å². The summed E-state index contributed by atoms with van der Waals surface area (Å²) in [6.45, 7) is 2.65. The largest absolute Gasteiger partial charge is 0.362 e. The molecule has 0 spiro atoms. The number of anilines is 1. The fourth-order valence-corrected chi connectivity index (χ4v) is 8.76. The van der Waals surface area contributed by atoms with Crippen LogP contribution in [0.4, 0.5) is 10.1 Å². The standard InChI is InChI=1S/C33H38ClFN4O3S/c1-36(2)20-25-8-12-29(43(41,42)38-16-14-24(15-17-38)23-6-4-3-5-7-23)19-32(25)39-27-10-11-28(39)22-37(21-27)33(40)30-13-9-26(35)18-31(30)34/h3-9,12-13,18-19,24,27-28H,10-11,14-17,20-22H2,1-2H3. The van der Waals surface area contributed by atoms with Crippen LogP contribution in [-0.2, 0) is 16.6 Å². The Hall–Kier alpha value is -2.98. The van der Waals surface area contributed by atoms with Gasteiger partial charge in [0.1, 0.15) is 5.82 Å². The third-order valence-corrected chi connectivity index (χ3v) is 11.3. The topological polar surface area (TPSA) is 64.2 Å². The van der Waals surface area contributed by atoms with Gasteiger partial charge in [0.05, 0.1) is 15.5 Å². The quantitative estimate of drug-likeness (QED) is 0.342. The van der Waals surface area contributed by atoms with E-state index in [4.69, 9.17) is 11.6 Å². The molecule has 228 valence electrons. The maximum atomic E-state index is 13.9. The van der Waals surface area contributed by atoms with Crippen LogP contribution in [0.3, 0.4) is 0 Å². The average molecular weight is 625 g/mol. The number of sulfonamides is 1. The van der Waals surface area contributed by atoms with Gasteiger partial charge in [0.2, 0.25) is 10.0 Å². The molecule has 3 saturated heterocycles. The van der Waals surface area contributed by atoms with Crippen molar-refractivity contribution in [1.82, 2.24) is 14.1 Å². The molecule has 10 heteroatoms. The first-order valence-corrected chi connectivity index (χ1v) is 16.8. The number of amides is 1. The number of likely N-dealkylation sites (tertiary alicyclic amines) is 1. The van der Waals surface area contributed by atoms with E-state index in [1.54, 1.807) is 15.3 Å². The Morgan fingerprint density at radius 2 is 1.60 bits per heavy atom. The number of halogens is 2. The van der Waals surface area contributed by atoms with Crippen molar-refractivity contribution in [1.29, 1.82) is 0 Å². The predicted molar refractivity (Wildman–Crippen MR) is 168 cm³/mol. The van der Waals surface area contributed by atoms with Gasteiger partial charge in [-0.05, 0) is 87.2 Å². The lowest BCUT2D eigenvalue weighted by Crippen LogP contribution is -2.55. The molecule has 7 nitrogen and oxygen atoms in total. The zero-order valence-corrected chi connectivity index (χ0v) is 26.2. The van der Waals surface area contributed by atoms with Gasteiger partial charge in [-0.2, -0.15) is 4.31 Å². The van der Waals surface area contributed by atoms with E-state index >= 15 is 0 Å². The van der Waals surface area contributed by atoms with E-state index in [9.17, 15) is 17.6 Å². The van der Waals surface area contributed by atoms with Crippen LogP contribution in [0.2, 0.25) is 5.02 Å². The Kier molecular flexibility index (Phi) is 8.52. The van der Waals surface area contributed by atoms with Crippen molar-refractivity contribution in [3.63, 3.8) is 0 Å². The number of hydrogen-bond donors (Lipinski definition) is 0. The first kappa shape index (κ1) is 30.1. The fraction of sp³-hybridized carbons (Fsp3) is 0.424. The molecule has 43 heavy (non-hydrogen) atoms. The number of benzene rings is 3. The van der Waals surface area contributed by atoms with Gasteiger partial charge in [-0.15, -0.1) is 0 Å². The lowest BCUT2D eigenvalue weighted by Gasteiger charge is -2.43. The molecule has 0 N–H and O–H groups in total. The summed E-state index contributed by atoms with van der Waals surface area (Å²) in [7, 11) is 0.332. The monoisotopic (exact) mass is 624 g/mol. The summed E-state index contributed by atoms with van der Waals surface area (Å²) in [5.74, 6) is -0.314. The number of fused-ring (bicyclic) bond motifs is 2. The van der Waals surface area contributed by atoms with E-state index in [0.717, 1.165) is 36.9 Å². The molecular formula is C33H38ClFN4O3S. The SMILES string of the molecule is CN(C)Cc1ccc(S(=O)(=O)N2CCC(c3ccccc3)CC2)cc1N1C2CCC1CN(C(=O)c1ccc(F)cc1Cl)C2. The van der Waals surface area contributed by atoms with E-state index in [2.05, 4.69) is 21.9 Å². The molecule has 3 aromatic rings. The van der Waals surface area contributed by atoms with Crippen LogP contribution in [-0.4, -0.2) is 80.8 Å². The zero-order chi connectivity index (χ0) is 30.3. The second kappa shape index (κ2) is 12.2. The van der Waals surface area contributed by atoms with Crippen molar-refractivity contribution in [3.8, 4) is 0 Å². The van der Waals surface area contributed by atoms with Crippen LogP contribution in [0.15, 0.2) is 71.6 Å². The summed E-state index contributed by atoms with van der Waals surface area (Å²) < 4.78 is 43.1. The molecule has 0 saturated carbocycles. The van der Waals surface area contributed by atoms with Crippen molar-refractivity contribution >= 4 is 33.2 Å². The second-order valence-corrected chi connectivity index (χ2v) is 14.6. The minimum absolute atomic E-state index is 0.0439. The van der Waals surface area contributed by atoms with E-state index < -0.39 is 15.8 Å². The van der Waals surface area contributed by atoms with E-state index in [1.165, 1.54) is 23.8 Å². The van der Waals surface area contributed by atoms with Crippen LogP contribution >= 0.6 is 11.6 Å². The lowest BCUT2D eigenvalue weighted by molar-refractivity contribution is 0.0718. The number of nitrogens with zero attached hydrogens (tertiary/aromatic N) is 4. The van der Waals surface area contributed by atoms with Crippen molar-refractivity contribution in [3.05, 3.63) is 94.3 Å². The van der Waals surface area contributed by atoms with Gasteiger partial charge in [-0.25, -0.2) is 12.8 Å². The van der Waals surface area contributed by atoms with Crippen LogP contribution in [0.5, 0.6) is 0 Å². The Labute approximate surface area is 258 Å². The van der Waals surface area contributed by atoms with Gasteiger partial charge in [0.25, 0.3) is 5.91 Å². The summed E-state index contributed by atoms with van der Waals surface area (Å²) in [4.78, 5) is 19.9. The number of carbonyl (C=O) groups excluding carboxylic acids is 1. The molecule has 3 aliphatic rings. The second-order valence-electron chi connectivity index (χ2n) is 12.2. The van der Waals surface area contributed by atoms with Gasteiger partial charge < -0.3 is 14.7 Å². The molecule has 0 radical (unpaired) electrons. The highest BCUT2D eigenvalue weighted by Crippen LogP contribution is 2.40. The lowest BCUT2D eigenvalue weighted by atomic mass is 9.90. The molecule has 3 fully saturated rings. The molecule has 2 bridgehead atoms.